The molecule has 0 unspecified atom stereocenters. The van der Waals surface area contributed by atoms with Gasteiger partial charge in [-0.3, -0.25) is 9.59 Å². The number of aromatic nitrogens is 3. The van der Waals surface area contributed by atoms with Crippen LogP contribution in [-0.4, -0.2) is 27.8 Å². The van der Waals surface area contributed by atoms with Crippen LogP contribution < -0.4 is 15.6 Å². The van der Waals surface area contributed by atoms with Crippen LogP contribution in [0.2, 0.25) is 0 Å². The van der Waals surface area contributed by atoms with E-state index < -0.39 is 5.56 Å². The fourth-order valence-electron chi connectivity index (χ4n) is 2.90. The Labute approximate surface area is 169 Å². The number of ether oxygens (including phenoxy) is 1. The Bertz CT molecular complexity index is 1210. The Morgan fingerprint density at radius 3 is 2.76 bits per heavy atom. The fourth-order valence-corrected chi connectivity index (χ4v) is 3.82. The van der Waals surface area contributed by atoms with Gasteiger partial charge in [0.05, 0.1) is 29.6 Å². The molecule has 8 nitrogen and oxygen atoms in total. The molecule has 0 fully saturated rings. The van der Waals surface area contributed by atoms with Gasteiger partial charge in [0.1, 0.15) is 23.7 Å². The fraction of sp³-hybridized carbons (Fsp3) is 0.200. The molecule has 0 aliphatic carbocycles. The van der Waals surface area contributed by atoms with E-state index in [-0.39, 0.29) is 19.0 Å². The summed E-state index contributed by atoms with van der Waals surface area (Å²) in [6.07, 6.45) is 1.53. The monoisotopic (exact) mass is 410 g/mol. The van der Waals surface area contributed by atoms with Crippen LogP contribution >= 0.6 is 11.3 Å². The third-order valence-corrected chi connectivity index (χ3v) is 5.28. The molecule has 0 aliphatic rings. The largest absolute Gasteiger partial charge is 0.497 e. The maximum atomic E-state index is 12.8. The average molecular weight is 410 g/mol. The first-order valence-corrected chi connectivity index (χ1v) is 9.68. The summed E-state index contributed by atoms with van der Waals surface area (Å²) in [7, 11) is 1.60. The molecule has 148 valence electrons. The Kier molecular flexibility index (Phi) is 5.13. The quantitative estimate of drug-likeness (QED) is 0.525. The van der Waals surface area contributed by atoms with Crippen molar-refractivity contribution in [2.45, 2.75) is 20.0 Å². The molecule has 3 heterocycles. The van der Waals surface area contributed by atoms with Gasteiger partial charge in [-0.25, -0.2) is 9.67 Å². The zero-order valence-corrected chi connectivity index (χ0v) is 16.7. The van der Waals surface area contributed by atoms with E-state index in [0.29, 0.717) is 21.7 Å². The molecule has 0 radical (unpaired) electrons. The van der Waals surface area contributed by atoms with E-state index in [9.17, 15) is 9.59 Å². The van der Waals surface area contributed by atoms with Crippen molar-refractivity contribution in [2.24, 2.45) is 0 Å². The number of carbonyl (C=O) groups excluding carboxylic acids is 1. The average Bonchev–Trinajstić information content (AvgIpc) is 3.38. The molecule has 0 aliphatic heterocycles. The number of thiazole rings is 1. The van der Waals surface area contributed by atoms with Crippen molar-refractivity contribution in [2.75, 3.05) is 7.11 Å². The number of furan rings is 1. The first-order valence-electron chi connectivity index (χ1n) is 8.87. The van der Waals surface area contributed by atoms with Gasteiger partial charge in [0.15, 0.2) is 5.52 Å². The summed E-state index contributed by atoms with van der Waals surface area (Å²) in [4.78, 5) is 29.5. The standard InChI is InChI=1S/C20H18N4O4S/c1-12-22-18-19(29-12)17(13-5-7-14(27-2)8-6-13)23-24(20(18)26)11-16(25)21-10-15-4-3-9-28-15/h3-9H,10-11H2,1-2H3,(H,21,25). The Hall–Kier alpha value is -3.46. The molecule has 3 aromatic heterocycles. The minimum atomic E-state index is -0.394. The smallest absolute Gasteiger partial charge is 0.294 e. The van der Waals surface area contributed by atoms with Crippen LogP contribution in [0.1, 0.15) is 10.8 Å². The first kappa shape index (κ1) is 18.9. The molecule has 4 aromatic rings. The molecule has 0 saturated carbocycles. The summed E-state index contributed by atoms with van der Waals surface area (Å²) >= 11 is 1.40. The SMILES string of the molecule is COc1ccc(-c2nn(CC(=O)NCc3ccco3)c(=O)c3nc(C)sc23)cc1. The lowest BCUT2D eigenvalue weighted by atomic mass is 10.1. The van der Waals surface area contributed by atoms with Crippen LogP contribution in [0.4, 0.5) is 0 Å². The molecular formula is C20H18N4O4S. The highest BCUT2D eigenvalue weighted by molar-refractivity contribution is 7.19. The number of nitrogens with zero attached hydrogens (tertiary/aromatic N) is 3. The summed E-state index contributed by atoms with van der Waals surface area (Å²) in [6, 6.07) is 10.9. The maximum Gasteiger partial charge on any atom is 0.294 e. The maximum absolute atomic E-state index is 12.8. The van der Waals surface area contributed by atoms with E-state index in [1.54, 1.807) is 19.2 Å². The predicted molar refractivity (Wildman–Crippen MR) is 109 cm³/mol. The number of rotatable bonds is 6. The Balaban J connectivity index is 1.69. The van der Waals surface area contributed by atoms with E-state index in [1.807, 2.05) is 31.2 Å². The third-order valence-electron chi connectivity index (χ3n) is 4.30. The summed E-state index contributed by atoms with van der Waals surface area (Å²) in [5.74, 6) is 1.00. The number of fused-ring (bicyclic) bond motifs is 1. The summed E-state index contributed by atoms with van der Waals surface area (Å²) in [6.45, 7) is 1.86. The Morgan fingerprint density at radius 2 is 2.07 bits per heavy atom. The number of nitrogens with one attached hydrogen (secondary N) is 1. The van der Waals surface area contributed by atoms with Gasteiger partial charge in [0, 0.05) is 5.56 Å². The van der Waals surface area contributed by atoms with E-state index in [2.05, 4.69) is 15.4 Å². The lowest BCUT2D eigenvalue weighted by molar-refractivity contribution is -0.122. The van der Waals surface area contributed by atoms with Crippen LogP contribution in [0.3, 0.4) is 0 Å². The highest BCUT2D eigenvalue weighted by Crippen LogP contribution is 2.30. The molecule has 9 heteroatoms. The number of hydrogen-bond donors (Lipinski definition) is 1. The zero-order valence-electron chi connectivity index (χ0n) is 15.8. The van der Waals surface area contributed by atoms with Crippen molar-refractivity contribution in [1.29, 1.82) is 0 Å². The molecule has 1 aromatic carbocycles. The van der Waals surface area contributed by atoms with E-state index in [0.717, 1.165) is 21.0 Å². The topological polar surface area (TPSA) is 99.3 Å². The van der Waals surface area contributed by atoms with Crippen molar-refractivity contribution in [3.8, 4) is 17.0 Å². The molecule has 0 atom stereocenters. The minimum Gasteiger partial charge on any atom is -0.497 e. The number of hydrogen-bond acceptors (Lipinski definition) is 7. The minimum absolute atomic E-state index is 0.213. The van der Waals surface area contributed by atoms with Crippen molar-refractivity contribution in [3.63, 3.8) is 0 Å². The van der Waals surface area contributed by atoms with Gasteiger partial charge in [-0.1, -0.05) is 0 Å². The molecule has 0 saturated heterocycles. The third kappa shape index (κ3) is 3.90. The zero-order chi connectivity index (χ0) is 20.4. The van der Waals surface area contributed by atoms with Crippen molar-refractivity contribution in [1.82, 2.24) is 20.1 Å². The summed E-state index contributed by atoms with van der Waals surface area (Å²) in [5, 5.41) is 7.95. The normalized spacial score (nSPS) is 11.0. The van der Waals surface area contributed by atoms with Gasteiger partial charge < -0.3 is 14.5 Å². The van der Waals surface area contributed by atoms with Gasteiger partial charge in [0.2, 0.25) is 5.91 Å². The van der Waals surface area contributed by atoms with Crippen molar-refractivity contribution < 1.29 is 13.9 Å². The van der Waals surface area contributed by atoms with Crippen LogP contribution in [0.5, 0.6) is 5.75 Å². The molecule has 29 heavy (non-hydrogen) atoms. The molecule has 1 N–H and O–H groups in total. The van der Waals surface area contributed by atoms with Gasteiger partial charge in [-0.15, -0.1) is 11.3 Å². The van der Waals surface area contributed by atoms with E-state index in [1.165, 1.54) is 17.6 Å². The van der Waals surface area contributed by atoms with Crippen LogP contribution in [0.25, 0.3) is 21.5 Å². The number of amides is 1. The van der Waals surface area contributed by atoms with Crippen LogP contribution in [0.15, 0.2) is 51.9 Å². The van der Waals surface area contributed by atoms with Gasteiger partial charge in [-0.05, 0) is 43.3 Å². The van der Waals surface area contributed by atoms with Crippen molar-refractivity contribution >= 4 is 27.5 Å². The summed E-state index contributed by atoms with van der Waals surface area (Å²) < 4.78 is 12.3. The van der Waals surface area contributed by atoms with E-state index >= 15 is 0 Å². The molecule has 0 spiro atoms. The van der Waals surface area contributed by atoms with Crippen LogP contribution in [-0.2, 0) is 17.9 Å². The molecule has 4 rings (SSSR count). The second kappa shape index (κ2) is 7.88. The van der Waals surface area contributed by atoms with Gasteiger partial charge in [-0.2, -0.15) is 5.10 Å². The molecule has 0 bridgehead atoms. The number of aryl methyl sites for hydroxylation is 1. The van der Waals surface area contributed by atoms with Crippen LogP contribution in [0, 0.1) is 6.92 Å². The number of carbonyl (C=O) groups is 1. The lowest BCUT2D eigenvalue weighted by Crippen LogP contribution is -2.33. The van der Waals surface area contributed by atoms with Gasteiger partial charge >= 0.3 is 0 Å². The summed E-state index contributed by atoms with van der Waals surface area (Å²) in [5.41, 5.74) is 1.33. The van der Waals surface area contributed by atoms with Crippen molar-refractivity contribution in [3.05, 3.63) is 63.8 Å². The van der Waals surface area contributed by atoms with E-state index in [4.69, 9.17) is 9.15 Å². The molecule has 1 amide bonds. The second-order valence-electron chi connectivity index (χ2n) is 6.31. The lowest BCUT2D eigenvalue weighted by Gasteiger charge is -2.09. The number of benzene rings is 1. The van der Waals surface area contributed by atoms with Gasteiger partial charge in [0.25, 0.3) is 5.56 Å². The predicted octanol–water partition coefficient (Wildman–Crippen LogP) is 2.75. The highest BCUT2D eigenvalue weighted by atomic mass is 32.1. The molecular weight excluding hydrogens is 392 g/mol. The number of methoxy groups -OCH3 is 1. The highest BCUT2D eigenvalue weighted by Gasteiger charge is 2.18. The Morgan fingerprint density at radius 1 is 1.28 bits per heavy atom. The first-order chi connectivity index (χ1) is 14.0. The second-order valence-corrected chi connectivity index (χ2v) is 7.51.